The zero-order chi connectivity index (χ0) is 40.4. The van der Waals surface area contributed by atoms with E-state index in [0.717, 1.165) is 69.4 Å². The molecule has 18 heteroatoms. The minimum atomic E-state index is -2.29. The van der Waals surface area contributed by atoms with Crippen LogP contribution >= 0.6 is 8.60 Å². The number of anilines is 3. The summed E-state index contributed by atoms with van der Waals surface area (Å²) >= 11 is 0. The highest BCUT2D eigenvalue weighted by Gasteiger charge is 2.20. The Balaban J connectivity index is 0.000000540. The van der Waals surface area contributed by atoms with Gasteiger partial charge in [0.2, 0.25) is 12.3 Å². The van der Waals surface area contributed by atoms with E-state index in [4.69, 9.17) is 20.3 Å². The molecule has 1 saturated heterocycles. The first-order chi connectivity index (χ1) is 26.5. The van der Waals surface area contributed by atoms with E-state index in [-0.39, 0.29) is 24.3 Å². The molecule has 9 N–H and O–H groups in total. The summed E-state index contributed by atoms with van der Waals surface area (Å²) in [5.74, 6) is 6.29. The highest BCUT2D eigenvalue weighted by atomic mass is 31.2. The van der Waals surface area contributed by atoms with E-state index in [9.17, 15) is 14.4 Å². The van der Waals surface area contributed by atoms with Gasteiger partial charge in [-0.1, -0.05) is 55.3 Å². The van der Waals surface area contributed by atoms with Crippen LogP contribution < -0.4 is 41.7 Å². The SMILES string of the molecule is CCCCOc1nc(N)c(NC=O)c(N(C)Cc2ccc(CN3CCC(CCNC(=O)CNC)CC3)cc2)n1.Cc1ccc(OP(O)O)cc1.NOCC=O. The summed E-state index contributed by atoms with van der Waals surface area (Å²) in [4.78, 5) is 65.9. The van der Waals surface area contributed by atoms with Crippen LogP contribution in [-0.4, -0.2) is 96.7 Å². The third-order valence-corrected chi connectivity index (χ3v) is 8.71. The largest absolute Gasteiger partial charge is 0.463 e. The van der Waals surface area contributed by atoms with Crippen molar-refractivity contribution >= 4 is 44.5 Å². The fraction of sp³-hybridized carbons (Fsp3) is 0.486. The van der Waals surface area contributed by atoms with Gasteiger partial charge in [-0.25, -0.2) is 5.90 Å². The molecule has 55 heavy (non-hydrogen) atoms. The highest BCUT2D eigenvalue weighted by molar-refractivity contribution is 7.39. The smallest absolute Gasteiger partial charge is 0.391 e. The molecule has 4 rings (SSSR count). The van der Waals surface area contributed by atoms with Gasteiger partial charge in [0.1, 0.15) is 24.3 Å². The number of hydrogen-bond acceptors (Lipinski definition) is 15. The predicted molar refractivity (Wildman–Crippen MR) is 214 cm³/mol. The third kappa shape index (κ3) is 19.1. The van der Waals surface area contributed by atoms with E-state index in [1.807, 2.05) is 31.0 Å². The first kappa shape index (κ1) is 46.7. The zero-order valence-corrected chi connectivity index (χ0v) is 33.2. The summed E-state index contributed by atoms with van der Waals surface area (Å²) in [6, 6.07) is 15.9. The van der Waals surface area contributed by atoms with Gasteiger partial charge < -0.3 is 50.4 Å². The number of likely N-dealkylation sites (N-methyl/N-ethyl adjacent to an activating group) is 1. The molecule has 0 bridgehead atoms. The van der Waals surface area contributed by atoms with Gasteiger partial charge in [-0.2, -0.15) is 9.97 Å². The molecule has 0 unspecified atom stereocenters. The van der Waals surface area contributed by atoms with Gasteiger partial charge in [0, 0.05) is 26.7 Å². The second-order valence-electron chi connectivity index (χ2n) is 12.8. The first-order valence-corrected chi connectivity index (χ1v) is 19.3. The van der Waals surface area contributed by atoms with E-state index in [2.05, 4.69) is 77.3 Å². The van der Waals surface area contributed by atoms with Gasteiger partial charge in [0.25, 0.3) is 0 Å². The lowest BCUT2D eigenvalue weighted by molar-refractivity contribution is -0.120. The van der Waals surface area contributed by atoms with Crippen LogP contribution in [0.1, 0.15) is 55.7 Å². The molecule has 0 aliphatic carbocycles. The number of hydrogen-bond donors (Lipinski definition) is 7. The van der Waals surface area contributed by atoms with Crippen molar-refractivity contribution in [1.29, 1.82) is 0 Å². The average Bonchev–Trinajstić information content (AvgIpc) is 3.16. The van der Waals surface area contributed by atoms with Crippen molar-refractivity contribution < 1.29 is 38.3 Å². The number of nitrogen functional groups attached to an aromatic ring is 1. The lowest BCUT2D eigenvalue weighted by atomic mass is 9.93. The Bertz CT molecular complexity index is 1530. The minimum absolute atomic E-state index is 0.0139. The fourth-order valence-corrected chi connectivity index (χ4v) is 5.76. The van der Waals surface area contributed by atoms with E-state index in [1.54, 1.807) is 19.2 Å². The van der Waals surface area contributed by atoms with Crippen LogP contribution in [0.25, 0.3) is 0 Å². The van der Waals surface area contributed by atoms with Gasteiger partial charge in [0.05, 0.1) is 13.2 Å². The molecule has 304 valence electrons. The molecule has 0 radical (unpaired) electrons. The molecule has 2 amide bonds. The van der Waals surface area contributed by atoms with Crippen LogP contribution in [0, 0.1) is 12.8 Å². The number of amides is 2. The number of aryl methyl sites for hydroxylation is 1. The molecule has 1 aliphatic rings. The summed E-state index contributed by atoms with van der Waals surface area (Å²) < 4.78 is 10.3. The van der Waals surface area contributed by atoms with Gasteiger partial charge in [0.15, 0.2) is 11.6 Å². The summed E-state index contributed by atoms with van der Waals surface area (Å²) in [5, 5.41) is 8.48. The highest BCUT2D eigenvalue weighted by Crippen LogP contribution is 2.31. The Labute approximate surface area is 325 Å². The number of nitrogens with zero attached hydrogens (tertiary/aromatic N) is 4. The topological polar surface area (TPSA) is 240 Å². The third-order valence-electron chi connectivity index (χ3n) is 8.33. The van der Waals surface area contributed by atoms with Crippen molar-refractivity contribution in [2.45, 2.75) is 59.0 Å². The Hall–Kier alpha value is -4.48. The minimum Gasteiger partial charge on any atom is -0.463 e. The molecule has 1 aromatic heterocycles. The van der Waals surface area contributed by atoms with Crippen LogP contribution in [0.4, 0.5) is 17.3 Å². The molecule has 0 atom stereocenters. The number of nitrogens with two attached hydrogens (primary N) is 2. The van der Waals surface area contributed by atoms with Crippen LogP contribution in [0.2, 0.25) is 0 Å². The van der Waals surface area contributed by atoms with Gasteiger partial charge in [-0.05, 0) is 81.9 Å². The normalized spacial score (nSPS) is 12.7. The van der Waals surface area contributed by atoms with E-state index in [0.29, 0.717) is 55.6 Å². The van der Waals surface area contributed by atoms with E-state index in [1.165, 1.54) is 5.56 Å². The number of carbonyl (C=O) groups excluding carboxylic acids is 3. The number of likely N-dealkylation sites (tertiary alicyclic amines) is 1. The van der Waals surface area contributed by atoms with Crippen LogP contribution in [-0.2, 0) is 32.3 Å². The molecular weight excluding hydrogens is 729 g/mol. The number of carbonyl (C=O) groups is 3. The number of aromatic nitrogens is 2. The number of aldehydes is 1. The van der Waals surface area contributed by atoms with E-state index < -0.39 is 8.60 Å². The van der Waals surface area contributed by atoms with Crippen LogP contribution in [0.5, 0.6) is 11.8 Å². The zero-order valence-electron chi connectivity index (χ0n) is 32.3. The summed E-state index contributed by atoms with van der Waals surface area (Å²) in [6.45, 7) is 9.30. The van der Waals surface area contributed by atoms with Crippen molar-refractivity contribution in [1.82, 2.24) is 25.5 Å². The van der Waals surface area contributed by atoms with Crippen molar-refractivity contribution in [3.63, 3.8) is 0 Å². The summed E-state index contributed by atoms with van der Waals surface area (Å²) in [6.07, 6.45) is 6.41. The lowest BCUT2D eigenvalue weighted by Crippen LogP contribution is -2.36. The fourth-order valence-electron chi connectivity index (χ4n) is 5.45. The molecule has 0 saturated carbocycles. The number of nitrogens with one attached hydrogen (secondary N) is 3. The van der Waals surface area contributed by atoms with Gasteiger partial charge >= 0.3 is 14.6 Å². The van der Waals surface area contributed by atoms with Gasteiger partial charge in [-0.15, -0.1) is 0 Å². The molecule has 17 nitrogen and oxygen atoms in total. The number of unbranched alkanes of at least 4 members (excludes halogenated alkanes) is 1. The van der Waals surface area contributed by atoms with Crippen molar-refractivity contribution in [3.8, 4) is 11.8 Å². The predicted octanol–water partition coefficient (Wildman–Crippen LogP) is 3.04. The number of benzene rings is 2. The second kappa shape index (κ2) is 27.2. The first-order valence-electron chi connectivity index (χ1n) is 18.1. The maximum atomic E-state index is 11.6. The number of rotatable bonds is 20. The Morgan fingerprint density at radius 2 is 1.75 bits per heavy atom. The summed E-state index contributed by atoms with van der Waals surface area (Å²) in [7, 11) is 1.39. The van der Waals surface area contributed by atoms with Crippen molar-refractivity contribution in [3.05, 3.63) is 65.2 Å². The van der Waals surface area contributed by atoms with Crippen LogP contribution in [0.15, 0.2) is 48.5 Å². The standard InChI is InChI=1S/C28H44N8O3.C7H9O3P.C2H5NO2/c1-4-5-16-39-28-33-26(29)25(32-20-37)27(34-28)35(3)18-22-6-8-23(9-7-22)19-36-14-11-21(12-15-36)10-13-31-24(38)17-30-2;1-6-2-4-7(5-3-6)10-11(8)9;3-5-2-1-4/h6-9,20-21,30H,4-5,10-19H2,1-3H3,(H,31,38)(H,32,37)(H2,29,33,34);2-5,8-9H,1H3;1H,2-3H2. The Morgan fingerprint density at radius 3 is 2.31 bits per heavy atom. The van der Waals surface area contributed by atoms with Crippen LogP contribution in [0.3, 0.4) is 0 Å². The summed E-state index contributed by atoms with van der Waals surface area (Å²) in [5.41, 5.74) is 9.98. The quantitative estimate of drug-likeness (QED) is 0.0377. The lowest BCUT2D eigenvalue weighted by Gasteiger charge is -2.32. The maximum absolute atomic E-state index is 11.6. The molecular formula is C37H58N9O8P. The maximum Gasteiger partial charge on any atom is 0.391 e. The van der Waals surface area contributed by atoms with Crippen molar-refractivity contribution in [2.75, 3.05) is 69.4 Å². The average molecular weight is 788 g/mol. The monoisotopic (exact) mass is 787 g/mol. The molecule has 3 aromatic rings. The van der Waals surface area contributed by atoms with E-state index >= 15 is 0 Å². The Kier molecular flexibility index (Phi) is 23.0. The Morgan fingerprint density at radius 1 is 1.07 bits per heavy atom. The molecule has 2 heterocycles. The number of piperidine rings is 1. The second-order valence-corrected chi connectivity index (χ2v) is 13.5. The number of ether oxygens (including phenoxy) is 1. The molecule has 2 aromatic carbocycles. The molecule has 1 fully saturated rings. The van der Waals surface area contributed by atoms with Gasteiger partial charge in [-0.3, -0.25) is 19.3 Å². The molecule has 1 aliphatic heterocycles. The van der Waals surface area contributed by atoms with Crippen molar-refractivity contribution in [2.24, 2.45) is 11.8 Å². The molecule has 0 spiro atoms.